The lowest BCUT2D eigenvalue weighted by molar-refractivity contribution is -0.129. The van der Waals surface area contributed by atoms with Gasteiger partial charge in [-0.25, -0.2) is 8.42 Å². The number of sulfonamides is 1. The molecule has 168 valence electrons. The van der Waals surface area contributed by atoms with Crippen LogP contribution >= 0.6 is 11.6 Å². The Hall–Kier alpha value is -2.65. The average molecular weight is 468 g/mol. The highest BCUT2D eigenvalue weighted by Crippen LogP contribution is 2.33. The van der Waals surface area contributed by atoms with Crippen molar-refractivity contribution >= 4 is 38.9 Å². The number of anilines is 2. The molecule has 1 aliphatic heterocycles. The van der Waals surface area contributed by atoms with Crippen molar-refractivity contribution in [2.24, 2.45) is 0 Å². The van der Waals surface area contributed by atoms with Gasteiger partial charge in [-0.1, -0.05) is 23.7 Å². The van der Waals surface area contributed by atoms with Crippen molar-refractivity contribution in [2.45, 2.75) is 0 Å². The van der Waals surface area contributed by atoms with E-state index < -0.39 is 10.0 Å². The maximum atomic E-state index is 13.0. The molecule has 2 aromatic rings. The first-order valence-electron chi connectivity index (χ1n) is 9.71. The van der Waals surface area contributed by atoms with Crippen LogP contribution in [0.3, 0.4) is 0 Å². The molecule has 1 heterocycles. The van der Waals surface area contributed by atoms with Crippen molar-refractivity contribution in [3.05, 3.63) is 47.5 Å². The largest absolute Gasteiger partial charge is 0.495 e. The molecule has 3 rings (SSSR count). The van der Waals surface area contributed by atoms with Gasteiger partial charge >= 0.3 is 0 Å². The van der Waals surface area contributed by atoms with Crippen LogP contribution in [0.2, 0.25) is 5.02 Å². The molecule has 0 unspecified atom stereocenters. The van der Waals surface area contributed by atoms with Gasteiger partial charge in [-0.3, -0.25) is 9.10 Å². The second-order valence-corrected chi connectivity index (χ2v) is 9.47. The van der Waals surface area contributed by atoms with E-state index in [1.807, 2.05) is 24.3 Å². The highest BCUT2D eigenvalue weighted by Gasteiger charge is 2.29. The van der Waals surface area contributed by atoms with Crippen LogP contribution in [0, 0.1) is 0 Å². The topological polar surface area (TPSA) is 79.4 Å². The predicted molar refractivity (Wildman–Crippen MR) is 122 cm³/mol. The molecule has 0 aromatic heterocycles. The standard InChI is InChI=1S/C21H26ClN3O5S/c1-29-19-7-5-4-6-17(19)23-10-12-24(13-11-23)21(26)15-25(31(3,27)28)18-14-16(22)8-9-20(18)30-2/h4-9,14H,10-13,15H2,1-3H3. The molecule has 0 N–H and O–H groups in total. The van der Waals surface area contributed by atoms with Crippen LogP contribution < -0.4 is 18.7 Å². The number of amides is 1. The lowest BCUT2D eigenvalue weighted by Crippen LogP contribution is -2.52. The van der Waals surface area contributed by atoms with Crippen molar-refractivity contribution in [3.8, 4) is 11.5 Å². The zero-order valence-electron chi connectivity index (χ0n) is 17.7. The fourth-order valence-corrected chi connectivity index (χ4v) is 4.56. The number of carbonyl (C=O) groups is 1. The van der Waals surface area contributed by atoms with Crippen LogP contribution in [0.1, 0.15) is 0 Å². The smallest absolute Gasteiger partial charge is 0.243 e. The fourth-order valence-electron chi connectivity index (χ4n) is 3.55. The van der Waals surface area contributed by atoms with Gasteiger partial charge in [-0.15, -0.1) is 0 Å². The molecule has 0 spiro atoms. The van der Waals surface area contributed by atoms with E-state index in [4.69, 9.17) is 21.1 Å². The summed E-state index contributed by atoms with van der Waals surface area (Å²) in [5.74, 6) is 0.814. The zero-order chi connectivity index (χ0) is 22.6. The second-order valence-electron chi connectivity index (χ2n) is 7.13. The van der Waals surface area contributed by atoms with Gasteiger partial charge in [-0.05, 0) is 30.3 Å². The van der Waals surface area contributed by atoms with Crippen LogP contribution in [0.25, 0.3) is 0 Å². The van der Waals surface area contributed by atoms with E-state index in [2.05, 4.69) is 4.90 Å². The number of nitrogens with zero attached hydrogens (tertiary/aromatic N) is 3. The third-order valence-corrected chi connectivity index (χ3v) is 6.51. The van der Waals surface area contributed by atoms with Gasteiger partial charge < -0.3 is 19.3 Å². The quantitative estimate of drug-likeness (QED) is 0.622. The Kier molecular flexibility index (Phi) is 7.17. The van der Waals surface area contributed by atoms with E-state index in [9.17, 15) is 13.2 Å². The Bertz CT molecular complexity index is 1040. The minimum Gasteiger partial charge on any atom is -0.495 e. The number of para-hydroxylation sites is 2. The SMILES string of the molecule is COc1ccccc1N1CCN(C(=O)CN(c2cc(Cl)ccc2OC)S(C)(=O)=O)CC1. The van der Waals surface area contributed by atoms with Gasteiger partial charge in [0.05, 0.1) is 31.9 Å². The highest BCUT2D eigenvalue weighted by atomic mass is 35.5. The molecule has 0 bridgehead atoms. The van der Waals surface area contributed by atoms with Crippen molar-refractivity contribution in [1.82, 2.24) is 4.90 Å². The summed E-state index contributed by atoms with van der Waals surface area (Å²) in [7, 11) is -0.679. The maximum Gasteiger partial charge on any atom is 0.243 e. The van der Waals surface area contributed by atoms with Gasteiger partial charge in [0.25, 0.3) is 0 Å². The first-order chi connectivity index (χ1) is 14.7. The van der Waals surface area contributed by atoms with Crippen LogP contribution in [0.5, 0.6) is 11.5 Å². The molecular weight excluding hydrogens is 442 g/mol. The van der Waals surface area contributed by atoms with Gasteiger partial charge in [0.2, 0.25) is 15.9 Å². The third kappa shape index (κ3) is 5.34. The molecule has 2 aromatic carbocycles. The summed E-state index contributed by atoms with van der Waals surface area (Å²) >= 11 is 6.06. The molecule has 1 saturated heterocycles. The summed E-state index contributed by atoms with van der Waals surface area (Å²) in [6.07, 6.45) is 1.06. The molecule has 10 heteroatoms. The van der Waals surface area contributed by atoms with Crippen LogP contribution in [-0.4, -0.2) is 72.4 Å². The zero-order valence-corrected chi connectivity index (χ0v) is 19.3. The fraction of sp³-hybridized carbons (Fsp3) is 0.381. The Morgan fingerprint density at radius 1 is 1.03 bits per heavy atom. The summed E-state index contributed by atoms with van der Waals surface area (Å²) in [6.45, 7) is 1.85. The molecule has 1 amide bonds. The van der Waals surface area contributed by atoms with Crippen molar-refractivity contribution in [3.63, 3.8) is 0 Å². The van der Waals surface area contributed by atoms with E-state index in [0.717, 1.165) is 22.0 Å². The number of carbonyl (C=O) groups excluding carboxylic acids is 1. The molecule has 1 aliphatic rings. The van der Waals surface area contributed by atoms with Crippen molar-refractivity contribution < 1.29 is 22.7 Å². The van der Waals surface area contributed by atoms with E-state index in [1.165, 1.54) is 13.2 Å². The summed E-state index contributed by atoms with van der Waals surface area (Å²) in [4.78, 5) is 16.8. The number of ether oxygens (including phenoxy) is 2. The lowest BCUT2D eigenvalue weighted by atomic mass is 10.2. The number of hydrogen-bond donors (Lipinski definition) is 0. The highest BCUT2D eigenvalue weighted by molar-refractivity contribution is 7.92. The predicted octanol–water partition coefficient (Wildman–Crippen LogP) is 2.47. The molecule has 0 radical (unpaired) electrons. The number of benzene rings is 2. The van der Waals surface area contributed by atoms with Crippen LogP contribution in [-0.2, 0) is 14.8 Å². The first-order valence-corrected chi connectivity index (χ1v) is 11.9. The van der Waals surface area contributed by atoms with E-state index in [-0.39, 0.29) is 18.1 Å². The second kappa shape index (κ2) is 9.65. The molecular formula is C21H26ClN3O5S. The van der Waals surface area contributed by atoms with Crippen molar-refractivity contribution in [1.29, 1.82) is 0 Å². The first kappa shape index (κ1) is 23.0. The third-order valence-electron chi connectivity index (χ3n) is 5.15. The number of halogens is 1. The Labute approximate surface area is 187 Å². The minimum absolute atomic E-state index is 0.235. The van der Waals surface area contributed by atoms with E-state index >= 15 is 0 Å². The number of hydrogen-bond acceptors (Lipinski definition) is 6. The Morgan fingerprint density at radius 2 is 1.68 bits per heavy atom. The van der Waals surface area contributed by atoms with Gasteiger partial charge in [0.1, 0.15) is 18.0 Å². The number of rotatable bonds is 7. The lowest BCUT2D eigenvalue weighted by Gasteiger charge is -2.37. The van der Waals surface area contributed by atoms with Gasteiger partial charge in [0.15, 0.2) is 0 Å². The average Bonchev–Trinajstić information content (AvgIpc) is 2.76. The van der Waals surface area contributed by atoms with Gasteiger partial charge in [0, 0.05) is 31.2 Å². The Balaban J connectivity index is 1.73. The van der Waals surface area contributed by atoms with E-state index in [1.54, 1.807) is 24.1 Å². The molecule has 31 heavy (non-hydrogen) atoms. The van der Waals surface area contributed by atoms with Crippen LogP contribution in [0.4, 0.5) is 11.4 Å². The molecule has 0 saturated carbocycles. The maximum absolute atomic E-state index is 13.0. The molecule has 0 aliphatic carbocycles. The number of piperazine rings is 1. The Morgan fingerprint density at radius 3 is 2.29 bits per heavy atom. The van der Waals surface area contributed by atoms with Crippen LogP contribution in [0.15, 0.2) is 42.5 Å². The summed E-state index contributed by atoms with van der Waals surface area (Å²) < 4.78 is 36.7. The van der Waals surface area contributed by atoms with Gasteiger partial charge in [-0.2, -0.15) is 0 Å². The van der Waals surface area contributed by atoms with E-state index in [0.29, 0.717) is 37.0 Å². The summed E-state index contributed by atoms with van der Waals surface area (Å²) in [6, 6.07) is 12.4. The minimum atomic E-state index is -3.74. The number of methoxy groups -OCH3 is 2. The summed E-state index contributed by atoms with van der Waals surface area (Å²) in [5, 5.41) is 0.349. The summed E-state index contributed by atoms with van der Waals surface area (Å²) in [5.41, 5.74) is 1.21. The molecule has 8 nitrogen and oxygen atoms in total. The molecule has 1 fully saturated rings. The van der Waals surface area contributed by atoms with Crippen molar-refractivity contribution in [2.75, 3.05) is 62.4 Å². The normalized spacial score (nSPS) is 14.3. The molecule has 0 atom stereocenters. The monoisotopic (exact) mass is 467 g/mol.